The molecule has 0 spiro atoms. The van der Waals surface area contributed by atoms with Gasteiger partial charge in [-0.15, -0.1) is 0 Å². The number of nitrogens with one attached hydrogen (secondary N) is 1. The number of rotatable bonds is 5. The van der Waals surface area contributed by atoms with Crippen molar-refractivity contribution in [1.29, 1.82) is 0 Å². The van der Waals surface area contributed by atoms with Gasteiger partial charge in [-0.2, -0.15) is 0 Å². The molecule has 1 atom stereocenters. The van der Waals surface area contributed by atoms with Crippen molar-refractivity contribution in [3.05, 3.63) is 29.0 Å². The standard InChI is InChI=1S/C13H18ClFN2O2/c14-12-2-1-11(7-13(12)15)19-9-10(18)8-17-5-3-16-4-6-17/h1-2,7,10,16,18H,3-6,8-9H2. The summed E-state index contributed by atoms with van der Waals surface area (Å²) in [5.41, 5.74) is 0. The van der Waals surface area contributed by atoms with Gasteiger partial charge in [0.1, 0.15) is 24.3 Å². The van der Waals surface area contributed by atoms with Gasteiger partial charge in [-0.3, -0.25) is 4.90 Å². The van der Waals surface area contributed by atoms with Gasteiger partial charge < -0.3 is 15.2 Å². The van der Waals surface area contributed by atoms with Crippen molar-refractivity contribution in [2.24, 2.45) is 0 Å². The highest BCUT2D eigenvalue weighted by Crippen LogP contribution is 2.20. The summed E-state index contributed by atoms with van der Waals surface area (Å²) in [6, 6.07) is 4.25. The van der Waals surface area contributed by atoms with Gasteiger partial charge in [0.05, 0.1) is 5.02 Å². The molecule has 2 rings (SSSR count). The first-order valence-corrected chi connectivity index (χ1v) is 6.72. The Hall–Kier alpha value is -0.880. The zero-order chi connectivity index (χ0) is 13.7. The molecule has 1 fully saturated rings. The Morgan fingerprint density at radius 1 is 1.42 bits per heavy atom. The summed E-state index contributed by atoms with van der Waals surface area (Å²) in [5, 5.41) is 13.2. The Bertz CT molecular complexity index is 414. The SMILES string of the molecule is OC(COc1ccc(Cl)c(F)c1)CN1CCNCC1. The zero-order valence-electron chi connectivity index (χ0n) is 10.6. The summed E-state index contributed by atoms with van der Waals surface area (Å²) in [6.07, 6.45) is -0.586. The van der Waals surface area contributed by atoms with Gasteiger partial charge in [0.25, 0.3) is 0 Å². The number of β-amino-alcohol motifs (C(OH)–C–C–N with tert-alkyl or cyclic N) is 1. The predicted octanol–water partition coefficient (Wildman–Crippen LogP) is 1.12. The number of aliphatic hydroxyl groups excluding tert-OH is 1. The summed E-state index contributed by atoms with van der Waals surface area (Å²) < 4.78 is 18.5. The van der Waals surface area contributed by atoms with Crippen LogP contribution in [-0.2, 0) is 0 Å². The Kier molecular flexibility index (Phi) is 5.39. The first-order chi connectivity index (χ1) is 9.15. The van der Waals surface area contributed by atoms with Crippen molar-refractivity contribution >= 4 is 11.6 Å². The van der Waals surface area contributed by atoms with Gasteiger partial charge in [0, 0.05) is 38.8 Å². The molecule has 19 heavy (non-hydrogen) atoms. The van der Waals surface area contributed by atoms with Gasteiger partial charge in [-0.25, -0.2) is 4.39 Å². The molecule has 0 aromatic heterocycles. The Balaban J connectivity index is 1.75. The smallest absolute Gasteiger partial charge is 0.145 e. The van der Waals surface area contributed by atoms with E-state index in [0.29, 0.717) is 12.3 Å². The van der Waals surface area contributed by atoms with E-state index in [1.54, 1.807) is 6.07 Å². The second-order valence-electron chi connectivity index (χ2n) is 4.59. The number of hydrogen-bond acceptors (Lipinski definition) is 4. The highest BCUT2D eigenvalue weighted by atomic mass is 35.5. The lowest BCUT2D eigenvalue weighted by Gasteiger charge is -2.29. The number of piperazine rings is 1. The zero-order valence-corrected chi connectivity index (χ0v) is 11.4. The molecule has 0 radical (unpaired) electrons. The van der Waals surface area contributed by atoms with E-state index in [2.05, 4.69) is 10.2 Å². The fourth-order valence-electron chi connectivity index (χ4n) is 2.00. The van der Waals surface area contributed by atoms with E-state index in [1.165, 1.54) is 12.1 Å². The molecule has 1 aromatic carbocycles. The molecule has 106 valence electrons. The van der Waals surface area contributed by atoms with Crippen LogP contribution >= 0.6 is 11.6 Å². The van der Waals surface area contributed by atoms with E-state index in [1.807, 2.05) is 0 Å². The van der Waals surface area contributed by atoms with Crippen molar-refractivity contribution in [1.82, 2.24) is 10.2 Å². The third kappa shape index (κ3) is 4.62. The van der Waals surface area contributed by atoms with Gasteiger partial charge in [0.2, 0.25) is 0 Å². The minimum atomic E-state index is -0.586. The van der Waals surface area contributed by atoms with Crippen molar-refractivity contribution in [2.45, 2.75) is 6.10 Å². The molecular weight excluding hydrogens is 271 g/mol. The number of halogens is 2. The Morgan fingerprint density at radius 2 is 2.16 bits per heavy atom. The number of ether oxygens (including phenoxy) is 1. The third-order valence-electron chi connectivity index (χ3n) is 3.01. The minimum Gasteiger partial charge on any atom is -0.491 e. The van der Waals surface area contributed by atoms with Crippen molar-refractivity contribution < 1.29 is 14.2 Å². The van der Waals surface area contributed by atoms with Crippen molar-refractivity contribution in [3.8, 4) is 5.75 Å². The molecule has 6 heteroatoms. The fourth-order valence-corrected chi connectivity index (χ4v) is 2.12. The maximum atomic E-state index is 13.2. The molecule has 4 nitrogen and oxygen atoms in total. The topological polar surface area (TPSA) is 44.7 Å². The predicted molar refractivity (Wildman–Crippen MR) is 72.2 cm³/mol. The van der Waals surface area contributed by atoms with Gasteiger partial charge >= 0.3 is 0 Å². The van der Waals surface area contributed by atoms with Crippen LogP contribution < -0.4 is 10.1 Å². The maximum absolute atomic E-state index is 13.2. The lowest BCUT2D eigenvalue weighted by Crippen LogP contribution is -2.47. The molecule has 1 aromatic rings. The Labute approximate surface area is 117 Å². The average molecular weight is 289 g/mol. The number of hydrogen-bond donors (Lipinski definition) is 2. The van der Waals surface area contributed by atoms with Crippen molar-refractivity contribution in [2.75, 3.05) is 39.3 Å². The summed E-state index contributed by atoms with van der Waals surface area (Å²) in [7, 11) is 0. The fraction of sp³-hybridized carbons (Fsp3) is 0.538. The molecule has 0 bridgehead atoms. The molecular formula is C13H18ClFN2O2. The number of aliphatic hydroxyl groups is 1. The highest BCUT2D eigenvalue weighted by molar-refractivity contribution is 6.30. The summed E-state index contributed by atoms with van der Waals surface area (Å²) in [4.78, 5) is 2.17. The molecule has 1 unspecified atom stereocenters. The largest absolute Gasteiger partial charge is 0.491 e. The molecule has 0 aliphatic carbocycles. The van der Waals surface area contributed by atoms with Gasteiger partial charge in [-0.1, -0.05) is 11.6 Å². The summed E-state index contributed by atoms with van der Waals surface area (Å²) in [6.45, 7) is 4.44. The first-order valence-electron chi connectivity index (χ1n) is 6.34. The van der Waals surface area contributed by atoms with Crippen LogP contribution in [0.2, 0.25) is 5.02 Å². The molecule has 1 heterocycles. The number of nitrogens with zero attached hydrogens (tertiary/aromatic N) is 1. The maximum Gasteiger partial charge on any atom is 0.145 e. The van der Waals surface area contributed by atoms with Crippen LogP contribution in [0.1, 0.15) is 0 Å². The Morgan fingerprint density at radius 3 is 2.84 bits per heavy atom. The van der Waals surface area contributed by atoms with Crippen LogP contribution in [0.3, 0.4) is 0 Å². The lowest BCUT2D eigenvalue weighted by atomic mass is 10.3. The van der Waals surface area contributed by atoms with Crippen LogP contribution in [0.25, 0.3) is 0 Å². The molecule has 1 aliphatic heterocycles. The summed E-state index contributed by atoms with van der Waals surface area (Å²) in [5.74, 6) is -0.142. The molecule has 1 aliphatic rings. The normalized spacial score (nSPS) is 18.3. The first kappa shape index (κ1) is 14.5. The molecule has 2 N–H and O–H groups in total. The van der Waals surface area contributed by atoms with E-state index in [0.717, 1.165) is 26.2 Å². The van der Waals surface area contributed by atoms with E-state index in [9.17, 15) is 9.50 Å². The molecule has 0 amide bonds. The van der Waals surface area contributed by atoms with E-state index >= 15 is 0 Å². The second kappa shape index (κ2) is 7.05. The number of benzene rings is 1. The van der Waals surface area contributed by atoms with Crippen LogP contribution in [0.5, 0.6) is 5.75 Å². The second-order valence-corrected chi connectivity index (χ2v) is 5.00. The van der Waals surface area contributed by atoms with Crippen LogP contribution in [0, 0.1) is 5.82 Å². The van der Waals surface area contributed by atoms with E-state index in [4.69, 9.17) is 16.3 Å². The van der Waals surface area contributed by atoms with Gasteiger partial charge in [0.15, 0.2) is 0 Å². The third-order valence-corrected chi connectivity index (χ3v) is 3.32. The van der Waals surface area contributed by atoms with Crippen LogP contribution in [-0.4, -0.2) is 55.4 Å². The lowest BCUT2D eigenvalue weighted by molar-refractivity contribution is 0.0640. The average Bonchev–Trinajstić information content (AvgIpc) is 2.41. The van der Waals surface area contributed by atoms with Gasteiger partial charge in [-0.05, 0) is 12.1 Å². The van der Waals surface area contributed by atoms with E-state index in [-0.39, 0.29) is 11.6 Å². The van der Waals surface area contributed by atoms with Crippen LogP contribution in [0.15, 0.2) is 18.2 Å². The highest BCUT2D eigenvalue weighted by Gasteiger charge is 2.14. The van der Waals surface area contributed by atoms with Crippen LogP contribution in [0.4, 0.5) is 4.39 Å². The van der Waals surface area contributed by atoms with Crippen molar-refractivity contribution in [3.63, 3.8) is 0 Å². The monoisotopic (exact) mass is 288 g/mol. The molecule has 0 saturated carbocycles. The van der Waals surface area contributed by atoms with E-state index < -0.39 is 11.9 Å². The minimum absolute atomic E-state index is 0.0636. The summed E-state index contributed by atoms with van der Waals surface area (Å²) >= 11 is 5.58. The quantitative estimate of drug-likeness (QED) is 0.852. The molecule has 1 saturated heterocycles.